The molecule has 1 fully saturated rings. The second-order valence-electron chi connectivity index (χ2n) is 9.41. The summed E-state index contributed by atoms with van der Waals surface area (Å²) in [6, 6.07) is 12.4. The number of nitrogens with zero attached hydrogens (tertiary/aromatic N) is 3. The summed E-state index contributed by atoms with van der Waals surface area (Å²) in [6.07, 6.45) is -6.26. The van der Waals surface area contributed by atoms with E-state index in [9.17, 15) is 35.9 Å². The van der Waals surface area contributed by atoms with Gasteiger partial charge < -0.3 is 10.1 Å². The van der Waals surface area contributed by atoms with Gasteiger partial charge in [0.1, 0.15) is 5.82 Å². The fraction of sp³-hybridized carbons (Fsp3) is 0.321. The van der Waals surface area contributed by atoms with E-state index < -0.39 is 36.0 Å². The summed E-state index contributed by atoms with van der Waals surface area (Å²) in [5.41, 5.74) is 0.827. The van der Waals surface area contributed by atoms with E-state index in [4.69, 9.17) is 0 Å². The van der Waals surface area contributed by atoms with Crippen LogP contribution < -0.4 is 10.1 Å². The number of carbonyl (C=O) groups is 2. The number of piperazine rings is 1. The fourth-order valence-corrected chi connectivity index (χ4v) is 4.38. The van der Waals surface area contributed by atoms with Gasteiger partial charge in [-0.15, -0.1) is 13.2 Å². The molecule has 0 spiro atoms. The molecule has 0 aliphatic carbocycles. The Bertz CT molecular complexity index is 1360. The van der Waals surface area contributed by atoms with Crippen molar-refractivity contribution in [2.24, 2.45) is 0 Å². The van der Waals surface area contributed by atoms with Crippen molar-refractivity contribution in [3.8, 4) is 17.0 Å². The molecule has 0 saturated carbocycles. The van der Waals surface area contributed by atoms with Crippen LogP contribution in [0.1, 0.15) is 15.9 Å². The van der Waals surface area contributed by atoms with Crippen LogP contribution in [0.3, 0.4) is 0 Å². The van der Waals surface area contributed by atoms with E-state index in [1.165, 1.54) is 12.3 Å². The molecule has 41 heavy (non-hydrogen) atoms. The number of pyridine rings is 1. The highest BCUT2D eigenvalue weighted by Gasteiger charge is 2.33. The second kappa shape index (κ2) is 13.1. The molecule has 0 unspecified atom stereocenters. The van der Waals surface area contributed by atoms with Crippen molar-refractivity contribution in [3.05, 3.63) is 77.7 Å². The molecular weight excluding hydrogens is 554 g/mol. The van der Waals surface area contributed by atoms with Gasteiger partial charge in [-0.2, -0.15) is 0 Å². The topological polar surface area (TPSA) is 74.8 Å². The van der Waals surface area contributed by atoms with Gasteiger partial charge in [-0.05, 0) is 42.0 Å². The minimum absolute atomic E-state index is 0.0219. The first-order chi connectivity index (χ1) is 19.5. The standard InChI is InChI=1S/C28H26F6N4O3/c29-21-4-2-1-3-20(21)22-7-5-18(15-35-22)13-24(39)19-6-8-25(41-28(32,33)34)23(14-19)36-27(40)17-38-11-9-37(10-12-38)16-26(30)31/h1-8,14-15,26H,9-13,16-17H2,(H,36,40). The zero-order valence-corrected chi connectivity index (χ0v) is 21.6. The number of hydrogen-bond acceptors (Lipinski definition) is 6. The van der Waals surface area contributed by atoms with Gasteiger partial charge in [0, 0.05) is 49.9 Å². The number of ether oxygens (including phenoxy) is 1. The first kappa shape index (κ1) is 30.0. The van der Waals surface area contributed by atoms with Crippen molar-refractivity contribution >= 4 is 17.4 Å². The number of benzene rings is 2. The van der Waals surface area contributed by atoms with E-state index in [2.05, 4.69) is 15.0 Å². The number of hydrogen-bond donors (Lipinski definition) is 1. The van der Waals surface area contributed by atoms with Crippen molar-refractivity contribution in [1.29, 1.82) is 0 Å². The van der Waals surface area contributed by atoms with Crippen molar-refractivity contribution < 1.29 is 40.7 Å². The molecule has 2 heterocycles. The monoisotopic (exact) mass is 580 g/mol. The molecule has 1 aromatic heterocycles. The van der Waals surface area contributed by atoms with Gasteiger partial charge in [0.15, 0.2) is 11.5 Å². The molecule has 0 bridgehead atoms. The zero-order valence-electron chi connectivity index (χ0n) is 21.6. The van der Waals surface area contributed by atoms with Crippen LogP contribution >= 0.6 is 0 Å². The summed E-state index contributed by atoms with van der Waals surface area (Å²) in [7, 11) is 0. The predicted molar refractivity (Wildman–Crippen MR) is 138 cm³/mol. The number of ketones is 1. The molecular formula is C28H26F6N4O3. The van der Waals surface area contributed by atoms with E-state index in [1.807, 2.05) is 0 Å². The summed E-state index contributed by atoms with van der Waals surface area (Å²) in [4.78, 5) is 33.1. The van der Waals surface area contributed by atoms with Crippen LogP contribution in [0, 0.1) is 5.82 Å². The predicted octanol–water partition coefficient (Wildman–Crippen LogP) is 5.03. The van der Waals surface area contributed by atoms with Crippen molar-refractivity contribution in [2.75, 3.05) is 44.6 Å². The molecule has 2 aromatic carbocycles. The van der Waals surface area contributed by atoms with Crippen LogP contribution in [0.5, 0.6) is 5.75 Å². The lowest BCUT2D eigenvalue weighted by molar-refractivity contribution is -0.274. The number of halogens is 6. The fourth-order valence-electron chi connectivity index (χ4n) is 4.38. The summed E-state index contributed by atoms with van der Waals surface area (Å²) < 4.78 is 82.2. The van der Waals surface area contributed by atoms with E-state index in [1.54, 1.807) is 40.1 Å². The van der Waals surface area contributed by atoms with Gasteiger partial charge in [0.2, 0.25) is 5.91 Å². The molecule has 0 radical (unpaired) electrons. The number of Topliss-reactive ketones (excluding diaryl/α,β-unsaturated/α-hetero) is 1. The van der Waals surface area contributed by atoms with Crippen LogP contribution in [0.15, 0.2) is 60.8 Å². The smallest absolute Gasteiger partial charge is 0.404 e. The molecule has 1 saturated heterocycles. The Kier molecular flexibility index (Phi) is 9.61. The quantitative estimate of drug-likeness (QED) is 0.268. The lowest BCUT2D eigenvalue weighted by Crippen LogP contribution is -2.49. The lowest BCUT2D eigenvalue weighted by atomic mass is 10.0. The van der Waals surface area contributed by atoms with Gasteiger partial charge in [-0.3, -0.25) is 24.4 Å². The van der Waals surface area contributed by atoms with Crippen LogP contribution in [-0.4, -0.2) is 78.5 Å². The third-order valence-electron chi connectivity index (χ3n) is 6.37. The van der Waals surface area contributed by atoms with E-state index in [0.29, 0.717) is 43.0 Å². The summed E-state index contributed by atoms with van der Waals surface area (Å²) in [5, 5.41) is 2.37. The molecule has 13 heteroatoms. The summed E-state index contributed by atoms with van der Waals surface area (Å²) >= 11 is 0. The van der Waals surface area contributed by atoms with Gasteiger partial charge in [0.25, 0.3) is 6.43 Å². The van der Waals surface area contributed by atoms with Gasteiger partial charge >= 0.3 is 6.36 Å². The van der Waals surface area contributed by atoms with Gasteiger partial charge in [0.05, 0.1) is 24.5 Å². The second-order valence-corrected chi connectivity index (χ2v) is 9.41. The molecule has 218 valence electrons. The largest absolute Gasteiger partial charge is 0.573 e. The molecule has 7 nitrogen and oxygen atoms in total. The Balaban J connectivity index is 1.43. The first-order valence-electron chi connectivity index (χ1n) is 12.6. The summed E-state index contributed by atoms with van der Waals surface area (Å²) in [5.74, 6) is -2.26. The molecule has 1 aliphatic heterocycles. The minimum atomic E-state index is -5.04. The summed E-state index contributed by atoms with van der Waals surface area (Å²) in [6.45, 7) is 0.736. The molecule has 1 amide bonds. The number of nitrogens with one attached hydrogen (secondary N) is 1. The van der Waals surface area contributed by atoms with Crippen molar-refractivity contribution in [3.63, 3.8) is 0 Å². The third-order valence-corrected chi connectivity index (χ3v) is 6.37. The Labute approximate surface area is 231 Å². The highest BCUT2D eigenvalue weighted by molar-refractivity contribution is 6.00. The average molecular weight is 581 g/mol. The van der Waals surface area contributed by atoms with Crippen LogP contribution in [0.4, 0.5) is 32.0 Å². The number of amides is 1. The Hall–Kier alpha value is -3.97. The normalized spacial score (nSPS) is 14.7. The highest BCUT2D eigenvalue weighted by atomic mass is 19.4. The van der Waals surface area contributed by atoms with Crippen molar-refractivity contribution in [2.45, 2.75) is 19.2 Å². The highest BCUT2D eigenvalue weighted by Crippen LogP contribution is 2.32. The maximum Gasteiger partial charge on any atom is 0.573 e. The Morgan fingerprint density at radius 1 is 0.976 bits per heavy atom. The zero-order chi connectivity index (χ0) is 29.6. The van der Waals surface area contributed by atoms with Crippen LogP contribution in [0.2, 0.25) is 0 Å². The number of aromatic nitrogens is 1. The number of anilines is 1. The Morgan fingerprint density at radius 3 is 2.32 bits per heavy atom. The van der Waals surface area contributed by atoms with Gasteiger partial charge in [-0.25, -0.2) is 13.2 Å². The minimum Gasteiger partial charge on any atom is -0.404 e. The molecule has 3 aromatic rings. The Morgan fingerprint density at radius 2 is 1.68 bits per heavy atom. The molecule has 4 rings (SSSR count). The SMILES string of the molecule is O=C(CN1CCN(CC(F)F)CC1)Nc1cc(C(=O)Cc2ccc(-c3ccccc3F)nc2)ccc1OC(F)(F)F. The average Bonchev–Trinajstić information content (AvgIpc) is 2.90. The third kappa shape index (κ3) is 8.76. The molecule has 1 aliphatic rings. The van der Waals surface area contributed by atoms with Crippen LogP contribution in [0.25, 0.3) is 11.3 Å². The number of carbonyl (C=O) groups excluding carboxylic acids is 2. The number of rotatable bonds is 10. The molecule has 1 N–H and O–H groups in total. The number of alkyl halides is 5. The molecule has 0 atom stereocenters. The maximum absolute atomic E-state index is 14.0. The van der Waals surface area contributed by atoms with E-state index >= 15 is 0 Å². The van der Waals surface area contributed by atoms with Crippen molar-refractivity contribution in [1.82, 2.24) is 14.8 Å². The van der Waals surface area contributed by atoms with E-state index in [0.717, 1.165) is 18.2 Å². The first-order valence-corrected chi connectivity index (χ1v) is 12.6. The lowest BCUT2D eigenvalue weighted by Gasteiger charge is -2.34. The maximum atomic E-state index is 14.0. The van der Waals surface area contributed by atoms with Crippen LogP contribution in [-0.2, 0) is 11.2 Å². The van der Waals surface area contributed by atoms with E-state index in [-0.39, 0.29) is 30.8 Å². The van der Waals surface area contributed by atoms with Gasteiger partial charge in [-0.1, -0.05) is 18.2 Å².